The third-order valence-electron chi connectivity index (χ3n) is 5.39. The lowest BCUT2D eigenvalue weighted by molar-refractivity contribution is -0.121. The van der Waals surface area contributed by atoms with E-state index in [2.05, 4.69) is 5.32 Å². The summed E-state index contributed by atoms with van der Waals surface area (Å²) in [4.78, 5) is 13.1. The van der Waals surface area contributed by atoms with Crippen LogP contribution in [0.4, 0.5) is 0 Å². The molecule has 3 aromatic rings. The lowest BCUT2D eigenvalue weighted by Crippen LogP contribution is -2.40. The first-order valence-electron chi connectivity index (χ1n) is 10.7. The van der Waals surface area contributed by atoms with Crippen molar-refractivity contribution in [2.75, 3.05) is 13.7 Å². The van der Waals surface area contributed by atoms with Crippen molar-refractivity contribution in [1.29, 1.82) is 0 Å². The molecule has 0 spiro atoms. The SMILES string of the molecule is COc1ccccc1CNC(=O)CN(Cc1ccccc1)S(=O)(=O)c1c(C)cc(C)cc1C. The largest absolute Gasteiger partial charge is 0.496 e. The van der Waals surface area contributed by atoms with E-state index >= 15 is 0 Å². The summed E-state index contributed by atoms with van der Waals surface area (Å²) in [5.74, 6) is 0.278. The topological polar surface area (TPSA) is 75.7 Å². The Bertz CT molecular complexity index is 1200. The highest BCUT2D eigenvalue weighted by molar-refractivity contribution is 7.89. The van der Waals surface area contributed by atoms with Gasteiger partial charge in [-0.15, -0.1) is 0 Å². The normalized spacial score (nSPS) is 11.4. The first-order valence-corrected chi connectivity index (χ1v) is 12.2. The molecule has 0 aromatic heterocycles. The van der Waals surface area contributed by atoms with Gasteiger partial charge in [-0.1, -0.05) is 66.2 Å². The lowest BCUT2D eigenvalue weighted by Gasteiger charge is -2.24. The molecule has 0 aliphatic heterocycles. The number of hydrogen-bond donors (Lipinski definition) is 1. The molecule has 3 aromatic carbocycles. The van der Waals surface area contributed by atoms with Gasteiger partial charge < -0.3 is 10.1 Å². The van der Waals surface area contributed by atoms with Gasteiger partial charge in [0.2, 0.25) is 15.9 Å². The van der Waals surface area contributed by atoms with Crippen molar-refractivity contribution < 1.29 is 17.9 Å². The average Bonchev–Trinajstić information content (AvgIpc) is 2.77. The average molecular weight is 467 g/mol. The molecule has 3 rings (SSSR count). The molecule has 33 heavy (non-hydrogen) atoms. The first-order chi connectivity index (χ1) is 15.7. The molecular formula is C26H30N2O4S. The molecule has 6 nitrogen and oxygen atoms in total. The number of hydrogen-bond acceptors (Lipinski definition) is 4. The number of para-hydroxylation sites is 1. The fourth-order valence-electron chi connectivity index (χ4n) is 3.97. The molecule has 0 saturated carbocycles. The van der Waals surface area contributed by atoms with Crippen molar-refractivity contribution in [3.05, 3.63) is 94.5 Å². The number of ether oxygens (including phenoxy) is 1. The second kappa shape index (κ2) is 10.6. The van der Waals surface area contributed by atoms with Crippen LogP contribution < -0.4 is 10.1 Å². The Morgan fingerprint density at radius 2 is 1.55 bits per heavy atom. The van der Waals surface area contributed by atoms with Crippen molar-refractivity contribution in [2.45, 2.75) is 38.8 Å². The second-order valence-electron chi connectivity index (χ2n) is 8.08. The van der Waals surface area contributed by atoms with Crippen LogP contribution in [0.15, 0.2) is 71.6 Å². The van der Waals surface area contributed by atoms with E-state index in [1.807, 2.05) is 73.7 Å². The van der Waals surface area contributed by atoms with Gasteiger partial charge >= 0.3 is 0 Å². The summed E-state index contributed by atoms with van der Waals surface area (Å²) in [7, 11) is -2.35. The molecule has 1 amide bonds. The van der Waals surface area contributed by atoms with Crippen molar-refractivity contribution >= 4 is 15.9 Å². The minimum Gasteiger partial charge on any atom is -0.496 e. The molecule has 174 valence electrons. The fourth-order valence-corrected chi connectivity index (χ4v) is 5.77. The number of carbonyl (C=O) groups excluding carboxylic acids is 1. The second-order valence-corrected chi connectivity index (χ2v) is 9.95. The Morgan fingerprint density at radius 1 is 0.939 bits per heavy atom. The van der Waals surface area contributed by atoms with Crippen molar-refractivity contribution in [2.24, 2.45) is 0 Å². The maximum atomic E-state index is 13.7. The van der Waals surface area contributed by atoms with Crippen molar-refractivity contribution in [1.82, 2.24) is 9.62 Å². The smallest absolute Gasteiger partial charge is 0.244 e. The monoisotopic (exact) mass is 466 g/mol. The first kappa shape index (κ1) is 24.5. The van der Waals surface area contributed by atoms with E-state index in [0.717, 1.165) is 16.7 Å². The van der Waals surface area contributed by atoms with Crippen molar-refractivity contribution in [3.63, 3.8) is 0 Å². The highest BCUT2D eigenvalue weighted by Gasteiger charge is 2.30. The van der Waals surface area contributed by atoms with Crippen molar-refractivity contribution in [3.8, 4) is 5.75 Å². The number of nitrogens with one attached hydrogen (secondary N) is 1. The molecule has 0 atom stereocenters. The molecule has 0 aliphatic rings. The Labute approximate surface area is 196 Å². The van der Waals surface area contributed by atoms with Gasteiger partial charge in [0.25, 0.3) is 0 Å². The molecule has 0 saturated heterocycles. The highest BCUT2D eigenvalue weighted by Crippen LogP contribution is 2.26. The number of methoxy groups -OCH3 is 1. The maximum Gasteiger partial charge on any atom is 0.244 e. The number of sulfonamides is 1. The van der Waals surface area contributed by atoms with E-state index < -0.39 is 10.0 Å². The van der Waals surface area contributed by atoms with E-state index in [1.165, 1.54) is 4.31 Å². The van der Waals surface area contributed by atoms with Gasteiger partial charge in [0, 0.05) is 18.7 Å². The minimum atomic E-state index is -3.92. The fraction of sp³-hybridized carbons (Fsp3) is 0.269. The Kier molecular flexibility index (Phi) is 7.89. The van der Waals surface area contributed by atoms with Crippen LogP contribution in [0.25, 0.3) is 0 Å². The maximum absolute atomic E-state index is 13.7. The molecule has 7 heteroatoms. The minimum absolute atomic E-state index is 0.0952. The van der Waals surface area contributed by atoms with Gasteiger partial charge in [0.15, 0.2) is 0 Å². The number of carbonyl (C=O) groups is 1. The van der Waals surface area contributed by atoms with Gasteiger partial charge in [0.1, 0.15) is 5.75 Å². The molecule has 1 N–H and O–H groups in total. The standard InChI is InChI=1S/C26H30N2O4S/c1-19-14-20(2)26(21(3)15-19)33(30,31)28(17-22-10-6-5-7-11-22)18-25(29)27-16-23-12-8-9-13-24(23)32-4/h5-15H,16-18H2,1-4H3,(H,27,29). The molecule has 0 heterocycles. The highest BCUT2D eigenvalue weighted by atomic mass is 32.2. The zero-order valence-electron chi connectivity index (χ0n) is 19.5. The van der Waals surface area contributed by atoms with Crippen LogP contribution in [0.3, 0.4) is 0 Å². The third kappa shape index (κ3) is 6.00. The van der Waals surface area contributed by atoms with Crippen LogP contribution in [-0.4, -0.2) is 32.3 Å². The van der Waals surface area contributed by atoms with E-state index in [9.17, 15) is 13.2 Å². The predicted octanol–water partition coefficient (Wildman–Crippen LogP) is 4.13. The van der Waals surface area contributed by atoms with Crippen LogP contribution in [0, 0.1) is 20.8 Å². The van der Waals surface area contributed by atoms with E-state index in [0.29, 0.717) is 16.9 Å². The van der Waals surface area contributed by atoms with Gasteiger partial charge in [-0.2, -0.15) is 4.31 Å². The lowest BCUT2D eigenvalue weighted by atomic mass is 10.1. The van der Waals surface area contributed by atoms with E-state index in [4.69, 9.17) is 4.74 Å². The molecule has 0 unspecified atom stereocenters. The summed E-state index contributed by atoms with van der Waals surface area (Å²) in [6, 6.07) is 20.4. The van der Waals surface area contributed by atoms with Crippen LogP contribution in [0.2, 0.25) is 0 Å². The van der Waals surface area contributed by atoms with Gasteiger partial charge in [-0.3, -0.25) is 4.79 Å². The molecule has 0 radical (unpaired) electrons. The molecule has 0 aliphatic carbocycles. The number of benzene rings is 3. The zero-order valence-corrected chi connectivity index (χ0v) is 20.3. The number of rotatable bonds is 9. The predicted molar refractivity (Wildman–Crippen MR) is 130 cm³/mol. The molecule has 0 bridgehead atoms. The van der Waals surface area contributed by atoms with Gasteiger partial charge in [-0.25, -0.2) is 8.42 Å². The van der Waals surface area contributed by atoms with Gasteiger partial charge in [-0.05, 0) is 43.5 Å². The summed E-state index contributed by atoms with van der Waals surface area (Å²) in [5.41, 5.74) is 3.95. The Hall–Kier alpha value is -3.16. The molecule has 0 fully saturated rings. The molecular weight excluding hydrogens is 436 g/mol. The quantitative estimate of drug-likeness (QED) is 0.515. The van der Waals surface area contributed by atoms with Crippen LogP contribution in [0.1, 0.15) is 27.8 Å². The number of nitrogens with zero attached hydrogens (tertiary/aromatic N) is 1. The summed E-state index contributed by atoms with van der Waals surface area (Å²) >= 11 is 0. The summed E-state index contributed by atoms with van der Waals surface area (Å²) in [6.45, 7) is 5.55. The van der Waals surface area contributed by atoms with E-state index in [1.54, 1.807) is 21.0 Å². The number of aryl methyl sites for hydroxylation is 3. The Morgan fingerprint density at radius 3 is 2.18 bits per heavy atom. The van der Waals surface area contributed by atoms with Crippen LogP contribution >= 0.6 is 0 Å². The summed E-state index contributed by atoms with van der Waals surface area (Å²) in [6.07, 6.45) is 0. The summed E-state index contributed by atoms with van der Waals surface area (Å²) < 4.78 is 34.0. The third-order valence-corrected chi connectivity index (χ3v) is 7.49. The zero-order chi connectivity index (χ0) is 24.0. The summed E-state index contributed by atoms with van der Waals surface area (Å²) in [5, 5.41) is 2.83. The van der Waals surface area contributed by atoms with Crippen LogP contribution in [-0.2, 0) is 27.9 Å². The van der Waals surface area contributed by atoms with Crippen LogP contribution in [0.5, 0.6) is 5.75 Å². The Balaban J connectivity index is 1.87. The van der Waals surface area contributed by atoms with E-state index in [-0.39, 0.29) is 30.4 Å². The van der Waals surface area contributed by atoms with Gasteiger partial charge in [0.05, 0.1) is 18.6 Å². The number of amides is 1.